The molecule has 0 aliphatic carbocycles. The van der Waals surface area contributed by atoms with Crippen molar-refractivity contribution in [2.24, 2.45) is 0 Å². The van der Waals surface area contributed by atoms with Crippen molar-refractivity contribution in [3.05, 3.63) is 37.0 Å². The molecule has 0 heteroatoms. The van der Waals surface area contributed by atoms with E-state index in [2.05, 4.69) is 33.1 Å². The average Bonchev–Trinajstić information content (AvgIpc) is 2.08. The molecule has 0 nitrogen and oxygen atoms in total. The van der Waals surface area contributed by atoms with Crippen molar-refractivity contribution in [1.29, 1.82) is 0 Å². The van der Waals surface area contributed by atoms with Crippen LogP contribution in [0.4, 0.5) is 0 Å². The molecule has 0 saturated carbocycles. The van der Waals surface area contributed by atoms with Crippen molar-refractivity contribution < 1.29 is 0 Å². The molecule has 0 unspecified atom stereocenters. The molecule has 0 aromatic heterocycles. The van der Waals surface area contributed by atoms with Crippen molar-refractivity contribution in [1.82, 2.24) is 0 Å². The van der Waals surface area contributed by atoms with Gasteiger partial charge in [0.1, 0.15) is 0 Å². The zero-order valence-corrected chi connectivity index (χ0v) is 8.65. The predicted molar refractivity (Wildman–Crippen MR) is 56.8 cm³/mol. The van der Waals surface area contributed by atoms with Crippen molar-refractivity contribution in [2.75, 3.05) is 0 Å². The van der Waals surface area contributed by atoms with Crippen LogP contribution in [-0.2, 0) is 0 Å². The highest BCUT2D eigenvalue weighted by Gasteiger charge is 1.60. The molecule has 0 N–H and O–H groups in total. The first-order chi connectivity index (χ1) is 5.18. The Hall–Kier alpha value is -0.780. The third kappa shape index (κ3) is 97.5. The van der Waals surface area contributed by atoms with Gasteiger partial charge in [-0.15, -0.1) is 13.2 Å². The first-order valence-corrected chi connectivity index (χ1v) is 3.85. The summed E-state index contributed by atoms with van der Waals surface area (Å²) in [5, 5.41) is 0. The lowest BCUT2D eigenvalue weighted by Gasteiger charge is -1.74. The molecule has 0 atom stereocenters. The predicted octanol–water partition coefficient (Wildman–Crippen LogP) is 4.36. The fourth-order valence-corrected chi connectivity index (χ4v) is 0. The van der Waals surface area contributed by atoms with Gasteiger partial charge in [-0.1, -0.05) is 23.8 Å². The Morgan fingerprint density at radius 3 is 1.09 bits per heavy atom. The van der Waals surface area contributed by atoms with E-state index >= 15 is 0 Å². The van der Waals surface area contributed by atoms with E-state index in [-0.39, 0.29) is 0 Å². The van der Waals surface area contributed by atoms with Crippen molar-refractivity contribution in [2.45, 2.75) is 34.6 Å². The largest absolute Gasteiger partial charge is 0.106 e. The molecule has 0 aromatic rings. The number of rotatable bonds is 0. The monoisotopic (exact) mass is 154 g/mol. The van der Waals surface area contributed by atoms with Crippen LogP contribution >= 0.6 is 0 Å². The van der Waals surface area contributed by atoms with Crippen LogP contribution in [0.5, 0.6) is 0 Å². The van der Waals surface area contributed by atoms with Gasteiger partial charge in [-0.05, 0) is 34.6 Å². The SMILES string of the molecule is C/C=C\C.C=C.CC=C(C)C. The number of hydrogen-bond acceptors (Lipinski definition) is 0. The third-order valence-electron chi connectivity index (χ3n) is 0.911. The van der Waals surface area contributed by atoms with E-state index in [1.54, 1.807) is 0 Å². The first kappa shape index (κ1) is 16.7. The summed E-state index contributed by atoms with van der Waals surface area (Å²) >= 11 is 0. The van der Waals surface area contributed by atoms with E-state index in [0.29, 0.717) is 0 Å². The standard InChI is InChI=1S/C5H10.C4H8.C2H4/c1-4-5(2)3;1-3-4-2;1-2/h4H,1-3H3;3-4H,1-2H3;1-2H2/b;4-3-;. The van der Waals surface area contributed by atoms with Crippen molar-refractivity contribution in [3.8, 4) is 0 Å². The molecular weight excluding hydrogens is 132 g/mol. The fraction of sp³-hybridized carbons (Fsp3) is 0.455. The molecule has 0 aliphatic rings. The van der Waals surface area contributed by atoms with Gasteiger partial charge in [-0.3, -0.25) is 0 Å². The molecular formula is C11H22. The Kier molecular flexibility index (Phi) is 34.6. The molecule has 0 aromatic carbocycles. The van der Waals surface area contributed by atoms with Gasteiger partial charge in [0, 0.05) is 0 Å². The Bertz CT molecular complexity index is 88.6. The summed E-state index contributed by atoms with van der Waals surface area (Å²) in [6.07, 6.45) is 6.08. The second kappa shape index (κ2) is 22.9. The molecule has 0 heterocycles. The maximum atomic E-state index is 3.00. The Balaban J connectivity index is -0.0000000965. The van der Waals surface area contributed by atoms with E-state index < -0.39 is 0 Å². The summed E-state index contributed by atoms with van der Waals surface area (Å²) < 4.78 is 0. The van der Waals surface area contributed by atoms with E-state index in [1.165, 1.54) is 5.57 Å². The van der Waals surface area contributed by atoms with Crippen LogP contribution in [0, 0.1) is 0 Å². The van der Waals surface area contributed by atoms with Gasteiger partial charge >= 0.3 is 0 Å². The van der Waals surface area contributed by atoms with Gasteiger partial charge in [-0.25, -0.2) is 0 Å². The molecule has 11 heavy (non-hydrogen) atoms. The molecule has 66 valence electrons. The van der Waals surface area contributed by atoms with Gasteiger partial charge in [0.2, 0.25) is 0 Å². The first-order valence-electron chi connectivity index (χ1n) is 3.85. The van der Waals surface area contributed by atoms with Gasteiger partial charge in [-0.2, -0.15) is 0 Å². The van der Waals surface area contributed by atoms with Crippen molar-refractivity contribution in [3.63, 3.8) is 0 Å². The van der Waals surface area contributed by atoms with Crippen LogP contribution in [0.15, 0.2) is 37.0 Å². The number of allylic oxidation sites excluding steroid dienone is 4. The Morgan fingerprint density at radius 1 is 0.909 bits per heavy atom. The lowest BCUT2D eigenvalue weighted by Crippen LogP contribution is -1.52. The normalized spacial score (nSPS) is 7.00. The second-order valence-electron chi connectivity index (χ2n) is 2.03. The lowest BCUT2D eigenvalue weighted by molar-refractivity contribution is 1.36. The fourth-order valence-electron chi connectivity index (χ4n) is 0. The van der Waals surface area contributed by atoms with Crippen LogP contribution in [-0.4, -0.2) is 0 Å². The zero-order valence-electron chi connectivity index (χ0n) is 8.65. The van der Waals surface area contributed by atoms with Crippen LogP contribution in [0.2, 0.25) is 0 Å². The minimum atomic E-state index is 1.38. The summed E-state index contributed by atoms with van der Waals surface area (Å²) in [4.78, 5) is 0. The molecule has 0 fully saturated rings. The van der Waals surface area contributed by atoms with Crippen molar-refractivity contribution >= 4 is 0 Å². The lowest BCUT2D eigenvalue weighted by atomic mass is 10.3. The zero-order chi connectivity index (χ0) is 9.70. The molecule has 0 radical (unpaired) electrons. The van der Waals surface area contributed by atoms with E-state index in [0.717, 1.165) is 0 Å². The molecule has 0 saturated heterocycles. The highest BCUT2D eigenvalue weighted by molar-refractivity contribution is 4.88. The Morgan fingerprint density at radius 2 is 1.09 bits per heavy atom. The topological polar surface area (TPSA) is 0 Å². The van der Waals surface area contributed by atoms with Gasteiger partial charge in [0.05, 0.1) is 0 Å². The smallest absolute Gasteiger partial charge is 0.0442 e. The van der Waals surface area contributed by atoms with Gasteiger partial charge in [0.25, 0.3) is 0 Å². The summed E-state index contributed by atoms with van der Waals surface area (Å²) in [5.74, 6) is 0. The average molecular weight is 154 g/mol. The van der Waals surface area contributed by atoms with Crippen LogP contribution in [0.3, 0.4) is 0 Å². The van der Waals surface area contributed by atoms with Crippen LogP contribution in [0.25, 0.3) is 0 Å². The highest BCUT2D eigenvalue weighted by atomic mass is 13.7. The second-order valence-corrected chi connectivity index (χ2v) is 2.03. The van der Waals surface area contributed by atoms with Crippen LogP contribution in [0.1, 0.15) is 34.6 Å². The molecule has 0 bridgehead atoms. The van der Waals surface area contributed by atoms with E-state index in [1.807, 2.05) is 32.9 Å². The molecule has 0 amide bonds. The van der Waals surface area contributed by atoms with Gasteiger partial charge in [0.15, 0.2) is 0 Å². The minimum absolute atomic E-state index is 1.38. The maximum Gasteiger partial charge on any atom is -0.0442 e. The summed E-state index contributed by atoms with van der Waals surface area (Å²) in [6.45, 7) is 16.2. The van der Waals surface area contributed by atoms with Crippen LogP contribution < -0.4 is 0 Å². The minimum Gasteiger partial charge on any atom is -0.106 e. The summed E-state index contributed by atoms with van der Waals surface area (Å²) in [6, 6.07) is 0. The summed E-state index contributed by atoms with van der Waals surface area (Å²) in [7, 11) is 0. The highest BCUT2D eigenvalue weighted by Crippen LogP contribution is 1.82. The summed E-state index contributed by atoms with van der Waals surface area (Å²) in [5.41, 5.74) is 1.38. The maximum absolute atomic E-state index is 3.00. The molecule has 0 spiro atoms. The number of hydrogen-bond donors (Lipinski definition) is 0. The quantitative estimate of drug-likeness (QED) is 0.455. The van der Waals surface area contributed by atoms with E-state index in [4.69, 9.17) is 0 Å². The molecule has 0 rings (SSSR count). The molecule has 0 aliphatic heterocycles. The Labute approximate surface area is 72.3 Å². The van der Waals surface area contributed by atoms with E-state index in [9.17, 15) is 0 Å². The van der Waals surface area contributed by atoms with Gasteiger partial charge < -0.3 is 0 Å². The third-order valence-corrected chi connectivity index (χ3v) is 0.911.